The molecular formula is C13H23NO2. The van der Waals surface area contributed by atoms with Gasteiger partial charge in [0.15, 0.2) is 0 Å². The van der Waals surface area contributed by atoms with Crippen LogP contribution in [0.3, 0.4) is 0 Å². The van der Waals surface area contributed by atoms with Gasteiger partial charge in [0.1, 0.15) is 0 Å². The smallest absolute Gasteiger partial charge is 0.319 e. The average Bonchev–Trinajstić information content (AvgIpc) is 2.35. The second-order valence-corrected chi connectivity index (χ2v) is 5.20. The predicted molar refractivity (Wildman–Crippen MR) is 63.1 cm³/mol. The largest absolute Gasteiger partial charge is 0.468 e. The molecule has 0 aliphatic heterocycles. The maximum absolute atomic E-state index is 11.1. The highest BCUT2D eigenvalue weighted by Crippen LogP contribution is 2.40. The Morgan fingerprint density at radius 2 is 1.94 bits per heavy atom. The van der Waals surface area contributed by atoms with E-state index in [4.69, 9.17) is 0 Å². The molecule has 0 bridgehead atoms. The summed E-state index contributed by atoms with van der Waals surface area (Å²) in [5, 5.41) is 3.40. The van der Waals surface area contributed by atoms with Crippen LogP contribution in [0.4, 0.5) is 0 Å². The van der Waals surface area contributed by atoms with Gasteiger partial charge in [-0.05, 0) is 24.7 Å². The summed E-state index contributed by atoms with van der Waals surface area (Å²) < 4.78 is 4.68. The van der Waals surface area contributed by atoms with E-state index in [1.807, 2.05) is 0 Å². The van der Waals surface area contributed by atoms with Gasteiger partial charge in [-0.15, -0.1) is 0 Å². The number of fused-ring (bicyclic) bond motifs is 1. The summed E-state index contributed by atoms with van der Waals surface area (Å²) in [4.78, 5) is 11.1. The highest BCUT2D eigenvalue weighted by Gasteiger charge is 2.34. The van der Waals surface area contributed by atoms with Crippen molar-refractivity contribution in [2.24, 2.45) is 11.8 Å². The van der Waals surface area contributed by atoms with Crippen LogP contribution in [0.25, 0.3) is 0 Å². The molecule has 2 aliphatic rings. The molecule has 3 heteroatoms. The number of carbonyl (C=O) groups is 1. The molecule has 0 heterocycles. The average molecular weight is 225 g/mol. The fourth-order valence-corrected chi connectivity index (χ4v) is 3.48. The molecule has 3 unspecified atom stereocenters. The molecule has 2 fully saturated rings. The Kier molecular flexibility index (Phi) is 4.22. The molecular weight excluding hydrogens is 202 g/mol. The van der Waals surface area contributed by atoms with E-state index in [1.54, 1.807) is 0 Å². The molecule has 2 aliphatic carbocycles. The molecule has 2 rings (SSSR count). The van der Waals surface area contributed by atoms with Gasteiger partial charge in [0.05, 0.1) is 13.7 Å². The normalized spacial score (nSPS) is 34.2. The zero-order chi connectivity index (χ0) is 11.4. The zero-order valence-corrected chi connectivity index (χ0v) is 10.2. The molecule has 0 aromatic rings. The van der Waals surface area contributed by atoms with Crippen molar-refractivity contribution in [2.45, 2.75) is 51.0 Å². The van der Waals surface area contributed by atoms with Crippen molar-refractivity contribution in [3.63, 3.8) is 0 Å². The molecule has 0 amide bonds. The van der Waals surface area contributed by atoms with Crippen LogP contribution in [0.15, 0.2) is 0 Å². The molecule has 2 saturated carbocycles. The zero-order valence-electron chi connectivity index (χ0n) is 10.2. The Bertz CT molecular complexity index is 240. The van der Waals surface area contributed by atoms with Gasteiger partial charge >= 0.3 is 5.97 Å². The highest BCUT2D eigenvalue weighted by molar-refractivity contribution is 5.71. The van der Waals surface area contributed by atoms with Gasteiger partial charge in [0, 0.05) is 6.04 Å². The third-order valence-electron chi connectivity index (χ3n) is 4.31. The van der Waals surface area contributed by atoms with Crippen molar-refractivity contribution in [1.29, 1.82) is 0 Å². The van der Waals surface area contributed by atoms with Crippen LogP contribution < -0.4 is 5.32 Å². The van der Waals surface area contributed by atoms with Crippen molar-refractivity contribution < 1.29 is 9.53 Å². The first-order valence-corrected chi connectivity index (χ1v) is 6.61. The number of nitrogens with one attached hydrogen (secondary N) is 1. The van der Waals surface area contributed by atoms with Gasteiger partial charge in [-0.25, -0.2) is 0 Å². The molecule has 16 heavy (non-hydrogen) atoms. The molecule has 1 N–H and O–H groups in total. The number of rotatable bonds is 3. The first-order valence-electron chi connectivity index (χ1n) is 6.61. The number of hydrogen-bond donors (Lipinski definition) is 1. The van der Waals surface area contributed by atoms with Crippen molar-refractivity contribution in [1.82, 2.24) is 5.32 Å². The minimum absolute atomic E-state index is 0.141. The fraction of sp³-hybridized carbons (Fsp3) is 0.923. The minimum Gasteiger partial charge on any atom is -0.468 e. The van der Waals surface area contributed by atoms with Gasteiger partial charge in [-0.3, -0.25) is 4.79 Å². The lowest BCUT2D eigenvalue weighted by atomic mass is 9.68. The van der Waals surface area contributed by atoms with E-state index in [2.05, 4.69) is 10.1 Å². The molecule has 0 aromatic heterocycles. The summed E-state index contributed by atoms with van der Waals surface area (Å²) in [6.45, 7) is 0.379. The van der Waals surface area contributed by atoms with Crippen molar-refractivity contribution in [2.75, 3.05) is 13.7 Å². The Morgan fingerprint density at radius 1 is 1.19 bits per heavy atom. The van der Waals surface area contributed by atoms with E-state index in [0.29, 0.717) is 12.6 Å². The quantitative estimate of drug-likeness (QED) is 0.748. The summed E-state index contributed by atoms with van der Waals surface area (Å²) in [7, 11) is 1.45. The van der Waals surface area contributed by atoms with Crippen LogP contribution in [0, 0.1) is 11.8 Å². The molecule has 0 radical (unpaired) electrons. The van der Waals surface area contributed by atoms with Crippen LogP contribution in [-0.2, 0) is 9.53 Å². The summed E-state index contributed by atoms with van der Waals surface area (Å²) in [5.74, 6) is 1.59. The van der Waals surface area contributed by atoms with E-state index in [-0.39, 0.29) is 5.97 Å². The first-order chi connectivity index (χ1) is 7.81. The molecule has 0 saturated heterocycles. The summed E-state index contributed by atoms with van der Waals surface area (Å²) in [5.41, 5.74) is 0. The van der Waals surface area contributed by atoms with Crippen LogP contribution >= 0.6 is 0 Å². The summed E-state index contributed by atoms with van der Waals surface area (Å²) >= 11 is 0. The maximum Gasteiger partial charge on any atom is 0.319 e. The number of carbonyl (C=O) groups excluding carboxylic acids is 1. The molecule has 0 aromatic carbocycles. The predicted octanol–water partition coefficient (Wildman–Crippen LogP) is 2.11. The Hall–Kier alpha value is -0.570. The van der Waals surface area contributed by atoms with Crippen LogP contribution in [-0.4, -0.2) is 25.7 Å². The third-order valence-corrected chi connectivity index (χ3v) is 4.31. The van der Waals surface area contributed by atoms with E-state index >= 15 is 0 Å². The highest BCUT2D eigenvalue weighted by atomic mass is 16.5. The Balaban J connectivity index is 1.85. The Morgan fingerprint density at radius 3 is 2.75 bits per heavy atom. The van der Waals surface area contributed by atoms with Crippen molar-refractivity contribution in [3.8, 4) is 0 Å². The molecule has 3 nitrogen and oxygen atoms in total. The monoisotopic (exact) mass is 225 g/mol. The lowest BCUT2D eigenvalue weighted by Crippen LogP contribution is -2.45. The number of ether oxygens (including phenoxy) is 1. The SMILES string of the molecule is COC(=O)CNC1CCCC2CCCCC21. The van der Waals surface area contributed by atoms with Crippen LogP contribution in [0.2, 0.25) is 0 Å². The molecule has 92 valence electrons. The summed E-state index contributed by atoms with van der Waals surface area (Å²) in [6, 6.07) is 0.554. The van der Waals surface area contributed by atoms with Gasteiger partial charge in [0.25, 0.3) is 0 Å². The molecule has 0 spiro atoms. The Labute approximate surface area is 97.9 Å². The van der Waals surface area contributed by atoms with Crippen LogP contribution in [0.5, 0.6) is 0 Å². The molecule has 3 atom stereocenters. The number of esters is 1. The third kappa shape index (κ3) is 2.76. The lowest BCUT2D eigenvalue weighted by Gasteiger charge is -2.41. The van der Waals surface area contributed by atoms with E-state index in [9.17, 15) is 4.79 Å². The maximum atomic E-state index is 11.1. The second-order valence-electron chi connectivity index (χ2n) is 5.20. The van der Waals surface area contributed by atoms with E-state index < -0.39 is 0 Å². The van der Waals surface area contributed by atoms with Crippen molar-refractivity contribution >= 4 is 5.97 Å². The topological polar surface area (TPSA) is 38.3 Å². The van der Waals surface area contributed by atoms with E-state index in [1.165, 1.54) is 52.1 Å². The first kappa shape index (κ1) is 11.9. The minimum atomic E-state index is -0.141. The standard InChI is InChI=1S/C13H23NO2/c1-16-13(15)9-14-12-8-4-6-10-5-2-3-7-11(10)12/h10-12,14H,2-9H2,1H3. The van der Waals surface area contributed by atoms with Gasteiger partial charge in [-0.2, -0.15) is 0 Å². The van der Waals surface area contributed by atoms with Gasteiger partial charge in [-0.1, -0.05) is 32.1 Å². The number of hydrogen-bond acceptors (Lipinski definition) is 3. The van der Waals surface area contributed by atoms with Crippen molar-refractivity contribution in [3.05, 3.63) is 0 Å². The van der Waals surface area contributed by atoms with E-state index in [0.717, 1.165) is 11.8 Å². The second kappa shape index (κ2) is 5.67. The summed E-state index contributed by atoms with van der Waals surface area (Å²) in [6.07, 6.45) is 9.49. The van der Waals surface area contributed by atoms with Crippen LogP contribution in [0.1, 0.15) is 44.9 Å². The van der Waals surface area contributed by atoms with Gasteiger partial charge < -0.3 is 10.1 Å². The fourth-order valence-electron chi connectivity index (χ4n) is 3.48. The number of methoxy groups -OCH3 is 1. The van der Waals surface area contributed by atoms with Gasteiger partial charge in [0.2, 0.25) is 0 Å². The lowest BCUT2D eigenvalue weighted by molar-refractivity contribution is -0.139.